The van der Waals surface area contributed by atoms with E-state index in [0.717, 1.165) is 15.8 Å². The third-order valence-corrected chi connectivity index (χ3v) is 6.47. The van der Waals surface area contributed by atoms with Gasteiger partial charge in [0, 0.05) is 18.5 Å². The number of aryl methyl sites for hydroxylation is 1. The summed E-state index contributed by atoms with van der Waals surface area (Å²) in [6, 6.07) is 3.76. The molecule has 1 amide bonds. The average Bonchev–Trinajstić information content (AvgIpc) is 3.23. The molecule has 0 saturated carbocycles. The fourth-order valence-corrected chi connectivity index (χ4v) is 5.09. The second-order valence-corrected chi connectivity index (χ2v) is 8.80. The summed E-state index contributed by atoms with van der Waals surface area (Å²) in [5.41, 5.74) is 0.809. The number of carbonyl (C=O) groups is 1. The second-order valence-electron chi connectivity index (χ2n) is 6.00. The van der Waals surface area contributed by atoms with Crippen molar-refractivity contribution < 1.29 is 14.3 Å². The van der Waals surface area contributed by atoms with E-state index in [9.17, 15) is 4.79 Å². The molecule has 0 aliphatic rings. The second kappa shape index (κ2) is 9.00. The van der Waals surface area contributed by atoms with Gasteiger partial charge in [-0.15, -0.1) is 29.3 Å². The normalized spacial score (nSPS) is 11.0. The Bertz CT molecular complexity index is 1020. The molecule has 0 spiro atoms. The summed E-state index contributed by atoms with van der Waals surface area (Å²) in [5, 5.41) is 0.758. The molecule has 6 nitrogen and oxygen atoms in total. The molecule has 0 aromatic carbocycles. The van der Waals surface area contributed by atoms with E-state index >= 15 is 0 Å². The first-order valence-electron chi connectivity index (χ1n) is 8.45. The maximum Gasteiger partial charge on any atom is 0.264 e. The topological polar surface area (TPSA) is 64.6 Å². The Kier molecular flexibility index (Phi) is 6.66. The van der Waals surface area contributed by atoms with Gasteiger partial charge in [0.25, 0.3) is 5.91 Å². The Hall–Kier alpha value is -2.00. The molecular formula is C19H20ClN3O3S2. The van der Waals surface area contributed by atoms with E-state index in [1.807, 2.05) is 19.1 Å². The van der Waals surface area contributed by atoms with Crippen LogP contribution in [-0.4, -0.2) is 41.5 Å². The highest BCUT2D eigenvalue weighted by Crippen LogP contribution is 2.36. The van der Waals surface area contributed by atoms with Crippen molar-refractivity contribution in [3.05, 3.63) is 50.3 Å². The van der Waals surface area contributed by atoms with Crippen molar-refractivity contribution in [2.24, 2.45) is 0 Å². The number of hydrogen-bond donors (Lipinski definition) is 0. The fourth-order valence-electron chi connectivity index (χ4n) is 2.83. The highest BCUT2D eigenvalue weighted by molar-refractivity contribution is 7.20. The van der Waals surface area contributed by atoms with Gasteiger partial charge < -0.3 is 14.4 Å². The lowest BCUT2D eigenvalue weighted by Gasteiger charge is -2.20. The number of thiophene rings is 2. The summed E-state index contributed by atoms with van der Waals surface area (Å²) in [4.78, 5) is 26.3. The monoisotopic (exact) mass is 437 g/mol. The predicted octanol–water partition coefficient (Wildman–Crippen LogP) is 4.70. The Labute approximate surface area is 176 Å². The van der Waals surface area contributed by atoms with Gasteiger partial charge in [-0.05, 0) is 24.6 Å². The maximum absolute atomic E-state index is 13.3. The predicted molar refractivity (Wildman–Crippen MR) is 114 cm³/mol. The fraction of sp³-hybridized carbons (Fsp3) is 0.316. The zero-order valence-electron chi connectivity index (χ0n) is 15.8. The van der Waals surface area contributed by atoms with E-state index in [1.165, 1.54) is 22.7 Å². The molecule has 3 heterocycles. The van der Waals surface area contributed by atoms with Crippen molar-refractivity contribution in [1.82, 2.24) is 14.9 Å². The van der Waals surface area contributed by atoms with Crippen LogP contribution in [-0.2, 0) is 17.9 Å². The number of carbonyl (C=O) groups excluding carboxylic acids is 1. The molecular weight excluding hydrogens is 418 g/mol. The van der Waals surface area contributed by atoms with Crippen LogP contribution in [0.2, 0.25) is 4.34 Å². The molecule has 0 N–H and O–H groups in total. The van der Waals surface area contributed by atoms with Crippen LogP contribution >= 0.6 is 34.3 Å². The molecule has 3 aromatic heterocycles. The first kappa shape index (κ1) is 20.7. The SMILES string of the molecule is C=CCN(Cc1ccc(Cl)s1)C(=O)c1sc2nc(COC)nc(OC)c2c1C. The highest BCUT2D eigenvalue weighted by atomic mass is 35.5. The number of ether oxygens (including phenoxy) is 2. The van der Waals surface area contributed by atoms with Gasteiger partial charge >= 0.3 is 0 Å². The molecule has 0 saturated heterocycles. The number of halogens is 1. The highest BCUT2D eigenvalue weighted by Gasteiger charge is 2.24. The number of aromatic nitrogens is 2. The summed E-state index contributed by atoms with van der Waals surface area (Å²) in [7, 11) is 3.14. The minimum absolute atomic E-state index is 0.0831. The smallest absolute Gasteiger partial charge is 0.264 e. The largest absolute Gasteiger partial charge is 0.480 e. The van der Waals surface area contributed by atoms with Crippen molar-refractivity contribution in [3.8, 4) is 5.88 Å². The van der Waals surface area contributed by atoms with Crippen LogP contribution < -0.4 is 4.74 Å². The van der Waals surface area contributed by atoms with E-state index in [0.29, 0.717) is 38.8 Å². The van der Waals surface area contributed by atoms with Gasteiger partial charge in [-0.2, -0.15) is 4.98 Å². The number of rotatable bonds is 8. The lowest BCUT2D eigenvalue weighted by atomic mass is 10.2. The van der Waals surface area contributed by atoms with Gasteiger partial charge in [-0.1, -0.05) is 17.7 Å². The number of amides is 1. The van der Waals surface area contributed by atoms with E-state index in [4.69, 9.17) is 21.1 Å². The summed E-state index contributed by atoms with van der Waals surface area (Å²) in [6.45, 7) is 6.84. The first-order chi connectivity index (χ1) is 13.5. The van der Waals surface area contributed by atoms with Crippen LogP contribution in [0.5, 0.6) is 5.88 Å². The van der Waals surface area contributed by atoms with Crippen molar-refractivity contribution in [1.29, 1.82) is 0 Å². The van der Waals surface area contributed by atoms with Crippen molar-refractivity contribution in [2.45, 2.75) is 20.1 Å². The molecule has 0 fully saturated rings. The zero-order valence-corrected chi connectivity index (χ0v) is 18.2. The number of hydrogen-bond acceptors (Lipinski definition) is 7. The molecule has 0 bridgehead atoms. The number of methoxy groups -OCH3 is 2. The van der Waals surface area contributed by atoms with Crippen LogP contribution in [0.25, 0.3) is 10.2 Å². The van der Waals surface area contributed by atoms with E-state index in [2.05, 4.69) is 16.5 Å². The van der Waals surface area contributed by atoms with Crippen molar-refractivity contribution >= 4 is 50.4 Å². The van der Waals surface area contributed by atoms with Crippen molar-refractivity contribution in [2.75, 3.05) is 20.8 Å². The number of nitrogens with zero attached hydrogens (tertiary/aromatic N) is 3. The minimum atomic E-state index is -0.0831. The lowest BCUT2D eigenvalue weighted by molar-refractivity contribution is 0.0768. The minimum Gasteiger partial charge on any atom is -0.480 e. The molecule has 0 aliphatic carbocycles. The standard InChI is InChI=1S/C19H20ClN3O3S2/c1-5-8-23(9-12-6-7-13(20)27-12)19(24)16-11(2)15-17(26-4)21-14(10-25-3)22-18(15)28-16/h5-7H,1,8-10H2,2-4H3. The molecule has 0 aliphatic heterocycles. The summed E-state index contributed by atoms with van der Waals surface area (Å²) in [6.07, 6.45) is 1.72. The Morgan fingerprint density at radius 2 is 2.11 bits per heavy atom. The van der Waals surface area contributed by atoms with Crippen LogP contribution in [0.3, 0.4) is 0 Å². The summed E-state index contributed by atoms with van der Waals surface area (Å²) in [5.74, 6) is 0.883. The maximum atomic E-state index is 13.3. The quantitative estimate of drug-likeness (QED) is 0.478. The van der Waals surface area contributed by atoms with E-state index in [1.54, 1.807) is 25.2 Å². The molecule has 28 heavy (non-hydrogen) atoms. The van der Waals surface area contributed by atoms with Gasteiger partial charge in [0.2, 0.25) is 5.88 Å². The van der Waals surface area contributed by atoms with Crippen molar-refractivity contribution in [3.63, 3.8) is 0 Å². The molecule has 0 radical (unpaired) electrons. The molecule has 0 atom stereocenters. The lowest BCUT2D eigenvalue weighted by Crippen LogP contribution is -2.30. The third-order valence-electron chi connectivity index (χ3n) is 4.08. The van der Waals surface area contributed by atoms with Crippen LogP contribution in [0.1, 0.15) is 25.9 Å². The van der Waals surface area contributed by atoms with Crippen LogP contribution in [0.4, 0.5) is 0 Å². The zero-order chi connectivity index (χ0) is 20.3. The first-order valence-corrected chi connectivity index (χ1v) is 10.5. The van der Waals surface area contributed by atoms with Crippen LogP contribution in [0, 0.1) is 6.92 Å². The molecule has 3 aromatic rings. The third kappa shape index (κ3) is 4.20. The van der Waals surface area contributed by atoms with E-state index < -0.39 is 0 Å². The number of fused-ring (bicyclic) bond motifs is 1. The van der Waals surface area contributed by atoms with Gasteiger partial charge in [0.1, 0.15) is 11.4 Å². The molecule has 3 rings (SSSR count). The Balaban J connectivity index is 2.01. The van der Waals surface area contributed by atoms with Crippen LogP contribution in [0.15, 0.2) is 24.8 Å². The Morgan fingerprint density at radius 1 is 1.32 bits per heavy atom. The van der Waals surface area contributed by atoms with E-state index in [-0.39, 0.29) is 12.5 Å². The summed E-state index contributed by atoms with van der Waals surface area (Å²) >= 11 is 8.83. The van der Waals surface area contributed by atoms with Gasteiger partial charge in [0.15, 0.2) is 5.82 Å². The summed E-state index contributed by atoms with van der Waals surface area (Å²) < 4.78 is 11.3. The Morgan fingerprint density at radius 3 is 2.71 bits per heavy atom. The molecule has 0 unspecified atom stereocenters. The molecule has 148 valence electrons. The molecule has 9 heteroatoms. The van der Waals surface area contributed by atoms with Gasteiger partial charge in [-0.3, -0.25) is 4.79 Å². The average molecular weight is 438 g/mol. The van der Waals surface area contributed by atoms with Gasteiger partial charge in [-0.25, -0.2) is 4.98 Å². The van der Waals surface area contributed by atoms with Gasteiger partial charge in [0.05, 0.1) is 28.3 Å².